The number of rotatable bonds is 10. The Bertz CT molecular complexity index is 2060. The van der Waals surface area contributed by atoms with E-state index in [0.717, 1.165) is 6.04 Å². The number of fused-ring (bicyclic) bond motifs is 2. The van der Waals surface area contributed by atoms with Crippen LogP contribution in [0.25, 0.3) is 21.9 Å². The van der Waals surface area contributed by atoms with Crippen molar-refractivity contribution >= 4 is 51.8 Å². The Morgan fingerprint density at radius 2 is 1.91 bits per heavy atom. The SMILES string of the molecule is COC(=O)c1cc(C)c2c(ccn2S(=O)(=O)C2(C)C=CC(C(=O)c3nc4cc(C#N)ccc4n3COCC[Si](C)(C)C)=CC2)c1. The summed E-state index contributed by atoms with van der Waals surface area (Å²) in [6, 6.07) is 13.0. The first-order valence-corrected chi connectivity index (χ1v) is 19.7. The quantitative estimate of drug-likeness (QED) is 0.0892. The second kappa shape index (κ2) is 11.9. The van der Waals surface area contributed by atoms with Crippen LogP contribution in [0.2, 0.25) is 25.7 Å². The molecule has 0 saturated carbocycles. The lowest BCUT2D eigenvalue weighted by atomic mass is 9.95. The number of methoxy groups -OCH3 is 1. The third kappa shape index (κ3) is 6.03. The molecule has 10 nitrogen and oxygen atoms in total. The minimum Gasteiger partial charge on any atom is -0.465 e. The monoisotopic (exact) mass is 644 g/mol. The fourth-order valence-electron chi connectivity index (χ4n) is 5.36. The Kier molecular flexibility index (Phi) is 8.48. The smallest absolute Gasteiger partial charge is 0.337 e. The van der Waals surface area contributed by atoms with Crippen molar-refractivity contribution in [2.75, 3.05) is 13.7 Å². The summed E-state index contributed by atoms with van der Waals surface area (Å²) in [7, 11) is -4.02. The fraction of sp³-hybridized carbons (Fsp3) is 0.333. The van der Waals surface area contributed by atoms with E-state index in [1.165, 1.54) is 23.4 Å². The van der Waals surface area contributed by atoms with E-state index in [4.69, 9.17) is 9.47 Å². The Morgan fingerprint density at radius 1 is 1.16 bits per heavy atom. The third-order valence-corrected chi connectivity index (χ3v) is 12.1. The summed E-state index contributed by atoms with van der Waals surface area (Å²) in [5.74, 6) is -0.715. The van der Waals surface area contributed by atoms with E-state index >= 15 is 0 Å². The molecular weight excluding hydrogens is 609 g/mol. The number of hydrogen-bond acceptors (Lipinski definition) is 8. The highest BCUT2D eigenvalue weighted by molar-refractivity contribution is 7.91. The van der Waals surface area contributed by atoms with Crippen LogP contribution < -0.4 is 0 Å². The standard InChI is InChI=1S/C33H36N4O6SSi/c1-22-17-26(32(39)42-3)19-25-11-14-37(29(22)25)44(40,41)33(2)12-9-24(10-13-33)30(38)31-35-27-18-23(20-34)7-8-28(27)36(31)21-43-15-16-45(4,5)6/h7-12,14,17-19H,13,15-16,21H2,1-6H3. The van der Waals surface area contributed by atoms with Gasteiger partial charge in [0.1, 0.15) is 11.5 Å². The summed E-state index contributed by atoms with van der Waals surface area (Å²) in [5, 5.41) is 9.97. The molecule has 0 saturated heterocycles. The Morgan fingerprint density at radius 3 is 2.56 bits per heavy atom. The molecule has 2 aromatic heterocycles. The lowest BCUT2D eigenvalue weighted by molar-refractivity contribution is 0.0600. The molecule has 1 aliphatic rings. The van der Waals surface area contributed by atoms with Crippen LogP contribution in [0.3, 0.4) is 0 Å². The second-order valence-electron chi connectivity index (χ2n) is 12.7. The summed E-state index contributed by atoms with van der Waals surface area (Å²) in [5.41, 5.74) is 3.34. The van der Waals surface area contributed by atoms with Crippen molar-refractivity contribution in [1.29, 1.82) is 5.26 Å². The van der Waals surface area contributed by atoms with Crippen LogP contribution in [0.4, 0.5) is 0 Å². The van der Waals surface area contributed by atoms with Gasteiger partial charge in [-0.15, -0.1) is 0 Å². The van der Waals surface area contributed by atoms with Crippen LogP contribution in [0, 0.1) is 18.3 Å². The van der Waals surface area contributed by atoms with E-state index in [9.17, 15) is 23.3 Å². The number of carbonyl (C=O) groups is 2. The molecule has 45 heavy (non-hydrogen) atoms. The molecule has 1 aliphatic carbocycles. The lowest BCUT2D eigenvalue weighted by Gasteiger charge is -2.28. The molecule has 0 fully saturated rings. The Hall–Kier alpha value is -4.31. The number of aryl methyl sites for hydroxylation is 1. The first-order valence-electron chi connectivity index (χ1n) is 14.6. The number of hydrogen-bond donors (Lipinski definition) is 0. The van der Waals surface area contributed by atoms with Gasteiger partial charge < -0.3 is 9.47 Å². The first kappa shape index (κ1) is 32.1. The molecular formula is C33H36N4O6SSi. The van der Waals surface area contributed by atoms with E-state index in [-0.39, 0.29) is 24.8 Å². The lowest BCUT2D eigenvalue weighted by Crippen LogP contribution is -2.38. The molecule has 234 valence electrons. The molecule has 0 N–H and O–H groups in total. The van der Waals surface area contributed by atoms with Crippen molar-refractivity contribution in [2.24, 2.45) is 0 Å². The van der Waals surface area contributed by atoms with E-state index < -0.39 is 28.8 Å². The fourth-order valence-corrected chi connectivity index (χ4v) is 7.81. The normalized spacial score (nSPS) is 17.0. The minimum absolute atomic E-state index is 0.0530. The van der Waals surface area contributed by atoms with Gasteiger partial charge in [-0.1, -0.05) is 37.9 Å². The number of ketones is 1. The van der Waals surface area contributed by atoms with Crippen molar-refractivity contribution < 1.29 is 27.5 Å². The van der Waals surface area contributed by atoms with E-state index in [0.29, 0.717) is 50.8 Å². The van der Waals surface area contributed by atoms with Crippen molar-refractivity contribution in [3.8, 4) is 6.07 Å². The van der Waals surface area contributed by atoms with E-state index in [1.807, 2.05) is 0 Å². The summed E-state index contributed by atoms with van der Waals surface area (Å²) >= 11 is 0. The minimum atomic E-state index is -3.99. The zero-order valence-electron chi connectivity index (χ0n) is 26.2. The summed E-state index contributed by atoms with van der Waals surface area (Å²) in [6.07, 6.45) is 6.25. The van der Waals surface area contributed by atoms with Crippen LogP contribution in [0.5, 0.6) is 0 Å². The van der Waals surface area contributed by atoms with Crippen molar-refractivity contribution in [2.45, 2.75) is 57.4 Å². The second-order valence-corrected chi connectivity index (χ2v) is 20.6. The number of ether oxygens (including phenoxy) is 2. The van der Waals surface area contributed by atoms with E-state index in [2.05, 4.69) is 30.7 Å². The first-order chi connectivity index (χ1) is 21.2. The Balaban J connectivity index is 1.44. The molecule has 4 aromatic rings. The largest absolute Gasteiger partial charge is 0.465 e. The molecule has 0 bridgehead atoms. The van der Waals surface area contributed by atoms with Gasteiger partial charge in [0, 0.05) is 31.8 Å². The van der Waals surface area contributed by atoms with Gasteiger partial charge in [0.15, 0.2) is 5.82 Å². The molecule has 0 radical (unpaired) electrons. The maximum absolute atomic E-state index is 14.1. The number of carbonyl (C=O) groups excluding carboxylic acids is 2. The molecule has 1 unspecified atom stereocenters. The molecule has 0 spiro atoms. The maximum Gasteiger partial charge on any atom is 0.337 e. The topological polar surface area (TPSA) is 133 Å². The summed E-state index contributed by atoms with van der Waals surface area (Å²) in [6.45, 7) is 10.8. The van der Waals surface area contributed by atoms with Crippen LogP contribution in [-0.2, 0) is 26.2 Å². The van der Waals surface area contributed by atoms with Crippen molar-refractivity contribution in [1.82, 2.24) is 13.5 Å². The number of imidazole rings is 1. The predicted molar refractivity (Wildman–Crippen MR) is 175 cm³/mol. The highest BCUT2D eigenvalue weighted by Crippen LogP contribution is 2.35. The molecule has 0 amide bonds. The zero-order chi connectivity index (χ0) is 32.7. The van der Waals surface area contributed by atoms with Gasteiger partial charge in [-0.25, -0.2) is 22.2 Å². The third-order valence-electron chi connectivity index (χ3n) is 8.11. The Labute approximate surface area is 263 Å². The number of nitrogens with zero attached hydrogens (tertiary/aromatic N) is 4. The average Bonchev–Trinajstić information content (AvgIpc) is 3.60. The van der Waals surface area contributed by atoms with Gasteiger partial charge in [-0.2, -0.15) is 5.26 Å². The van der Waals surface area contributed by atoms with Crippen LogP contribution in [0.15, 0.2) is 66.4 Å². The molecule has 2 heterocycles. The van der Waals surface area contributed by atoms with Gasteiger partial charge in [0.2, 0.25) is 15.8 Å². The van der Waals surface area contributed by atoms with Crippen LogP contribution in [0.1, 0.15) is 45.4 Å². The van der Waals surface area contributed by atoms with Gasteiger partial charge in [-0.05, 0) is 68.3 Å². The molecule has 12 heteroatoms. The predicted octanol–water partition coefficient (Wildman–Crippen LogP) is 5.98. The number of aromatic nitrogens is 3. The van der Waals surface area contributed by atoms with Gasteiger partial charge in [-0.3, -0.25) is 9.36 Å². The molecule has 5 rings (SSSR count). The van der Waals surface area contributed by atoms with Gasteiger partial charge >= 0.3 is 5.97 Å². The van der Waals surface area contributed by atoms with Crippen LogP contribution >= 0.6 is 0 Å². The maximum atomic E-state index is 14.1. The molecule has 2 aromatic carbocycles. The number of Topliss-reactive ketones (excluding diaryl/α,β-unsaturated/α-hetero) is 1. The highest BCUT2D eigenvalue weighted by Gasteiger charge is 2.40. The molecule has 0 aliphatic heterocycles. The molecule has 1 atom stereocenters. The van der Waals surface area contributed by atoms with Gasteiger partial charge in [0.25, 0.3) is 0 Å². The summed E-state index contributed by atoms with van der Waals surface area (Å²) in [4.78, 5) is 30.5. The van der Waals surface area contributed by atoms with Crippen molar-refractivity contribution in [3.63, 3.8) is 0 Å². The average molecular weight is 645 g/mol. The highest BCUT2D eigenvalue weighted by atomic mass is 32.2. The number of esters is 1. The van der Waals surface area contributed by atoms with Crippen molar-refractivity contribution in [3.05, 3.63) is 88.9 Å². The zero-order valence-corrected chi connectivity index (χ0v) is 28.1. The van der Waals surface area contributed by atoms with Gasteiger partial charge in [0.05, 0.1) is 40.9 Å². The van der Waals surface area contributed by atoms with E-state index in [1.54, 1.807) is 67.0 Å². The van der Waals surface area contributed by atoms with Crippen LogP contribution in [-0.4, -0.2) is 60.2 Å². The number of benzene rings is 2. The summed E-state index contributed by atoms with van der Waals surface area (Å²) < 4.78 is 40.5. The number of nitriles is 1. The number of allylic oxidation sites excluding steroid dienone is 3.